The normalized spacial score (nSPS) is 11.3. The first-order chi connectivity index (χ1) is 10.8. The van der Waals surface area contributed by atoms with E-state index in [2.05, 4.69) is 21.9 Å². The first-order valence-electron chi connectivity index (χ1n) is 7.23. The summed E-state index contributed by atoms with van der Waals surface area (Å²) in [6.45, 7) is 6.49. The zero-order chi connectivity index (χ0) is 16.9. The number of nitrogens with zero attached hydrogens (tertiary/aromatic N) is 3. The highest BCUT2D eigenvalue weighted by atomic mass is 35.5. The highest BCUT2D eigenvalue weighted by Gasteiger charge is 2.04. The molecular formula is C18H18ClN3O. The van der Waals surface area contributed by atoms with E-state index in [1.807, 2.05) is 26.8 Å². The number of hydrogen-bond donors (Lipinski definition) is 0. The first-order valence-corrected chi connectivity index (χ1v) is 7.61. The second-order valence-electron chi connectivity index (χ2n) is 6.02. The highest BCUT2D eigenvalue weighted by molar-refractivity contribution is 6.30. The Kier molecular flexibility index (Phi) is 5.36. The van der Waals surface area contributed by atoms with Gasteiger partial charge in [0.1, 0.15) is 5.69 Å². The van der Waals surface area contributed by atoms with Crippen molar-refractivity contribution < 1.29 is 0 Å². The van der Waals surface area contributed by atoms with Crippen molar-refractivity contribution in [3.05, 3.63) is 58.0 Å². The summed E-state index contributed by atoms with van der Waals surface area (Å²) >= 11 is 5.83. The Balaban J connectivity index is 2.18. The van der Waals surface area contributed by atoms with Gasteiger partial charge in [0.25, 0.3) is 5.56 Å². The van der Waals surface area contributed by atoms with Gasteiger partial charge in [-0.05, 0) is 45.0 Å². The molecule has 0 N–H and O–H groups in total. The smallest absolute Gasteiger partial charge is 0.267 e. The maximum atomic E-state index is 11.9. The van der Waals surface area contributed by atoms with E-state index in [1.54, 1.807) is 30.5 Å². The molecule has 0 saturated carbocycles. The number of pyridine rings is 1. The molecule has 0 aliphatic heterocycles. The molecule has 23 heavy (non-hydrogen) atoms. The van der Waals surface area contributed by atoms with Gasteiger partial charge in [0.15, 0.2) is 0 Å². The van der Waals surface area contributed by atoms with Gasteiger partial charge in [0, 0.05) is 17.7 Å². The minimum atomic E-state index is -0.170. The zero-order valence-electron chi connectivity index (χ0n) is 13.4. The van der Waals surface area contributed by atoms with Crippen molar-refractivity contribution in [1.82, 2.24) is 14.8 Å². The fourth-order valence-electron chi connectivity index (χ4n) is 1.71. The van der Waals surface area contributed by atoms with Crippen LogP contribution in [-0.4, -0.2) is 14.8 Å². The molecule has 2 heterocycles. The number of hydrogen-bond acceptors (Lipinski definition) is 3. The van der Waals surface area contributed by atoms with Gasteiger partial charge in [0.2, 0.25) is 0 Å². The van der Waals surface area contributed by atoms with Crippen molar-refractivity contribution in [3.8, 4) is 23.2 Å². The topological polar surface area (TPSA) is 47.8 Å². The largest absolute Gasteiger partial charge is 0.268 e. The lowest BCUT2D eigenvalue weighted by Crippen LogP contribution is -2.21. The van der Waals surface area contributed by atoms with E-state index in [4.69, 9.17) is 11.6 Å². The van der Waals surface area contributed by atoms with Crippen molar-refractivity contribution in [3.63, 3.8) is 0 Å². The third-order valence-corrected chi connectivity index (χ3v) is 3.01. The van der Waals surface area contributed by atoms with Gasteiger partial charge in [-0.15, -0.1) is 0 Å². The minimum Gasteiger partial charge on any atom is -0.268 e. The summed E-state index contributed by atoms with van der Waals surface area (Å²) in [6.07, 6.45) is 5.11. The standard InChI is InChI=1S/C18H18ClN3O/c1-18(2,3)11-5-4-6-12-22-17(23)10-9-16(21-22)15-8-7-14(19)13-20-15/h4,6-10,13H,12H2,1-3H3. The molecule has 4 nitrogen and oxygen atoms in total. The fraction of sp³-hybridized carbons (Fsp3) is 0.278. The molecule has 0 fully saturated rings. The molecule has 0 spiro atoms. The number of halogens is 1. The quantitative estimate of drug-likeness (QED) is 0.810. The monoisotopic (exact) mass is 327 g/mol. The van der Waals surface area contributed by atoms with Gasteiger partial charge in [-0.2, -0.15) is 5.10 Å². The summed E-state index contributed by atoms with van der Waals surface area (Å²) in [6, 6.07) is 6.64. The highest BCUT2D eigenvalue weighted by Crippen LogP contribution is 2.15. The molecule has 0 saturated heterocycles. The van der Waals surface area contributed by atoms with E-state index >= 15 is 0 Å². The summed E-state index contributed by atoms with van der Waals surface area (Å²) in [5.74, 6) is 6.07. The molecule has 118 valence electrons. The molecule has 2 aromatic rings. The molecule has 0 bridgehead atoms. The minimum absolute atomic E-state index is 0.0421. The van der Waals surface area contributed by atoms with Crippen LogP contribution in [-0.2, 0) is 6.54 Å². The van der Waals surface area contributed by atoms with E-state index in [1.165, 1.54) is 10.7 Å². The SMILES string of the molecule is CC(C)(C)C#CC=CCn1nc(-c2ccc(Cl)cn2)ccc1=O. The van der Waals surface area contributed by atoms with E-state index in [9.17, 15) is 4.79 Å². The third kappa shape index (κ3) is 5.39. The Morgan fingerprint density at radius 3 is 2.61 bits per heavy atom. The molecule has 5 heteroatoms. The van der Waals surface area contributed by atoms with Gasteiger partial charge in [0.05, 0.1) is 17.3 Å². The molecule has 0 aliphatic carbocycles. The van der Waals surface area contributed by atoms with Crippen LogP contribution in [0, 0.1) is 17.3 Å². The predicted octanol–water partition coefficient (Wildman–Crippen LogP) is 3.56. The van der Waals surface area contributed by atoms with Gasteiger partial charge in [-0.3, -0.25) is 9.78 Å². The van der Waals surface area contributed by atoms with E-state index < -0.39 is 0 Å². The summed E-state index contributed by atoms with van der Waals surface area (Å²) in [7, 11) is 0. The first kappa shape index (κ1) is 17.0. The van der Waals surface area contributed by atoms with Crippen LogP contribution in [0.1, 0.15) is 20.8 Å². The van der Waals surface area contributed by atoms with Gasteiger partial charge in [-0.25, -0.2) is 4.68 Å². The molecule has 2 rings (SSSR count). The Bertz CT molecular complexity index is 818. The molecule has 2 aromatic heterocycles. The third-order valence-electron chi connectivity index (χ3n) is 2.78. The molecular weight excluding hydrogens is 310 g/mol. The summed E-state index contributed by atoms with van der Waals surface area (Å²) in [5, 5.41) is 4.88. The Morgan fingerprint density at radius 2 is 1.96 bits per heavy atom. The maximum Gasteiger partial charge on any atom is 0.267 e. The van der Waals surface area contributed by atoms with E-state index in [0.717, 1.165) is 0 Å². The van der Waals surface area contributed by atoms with Crippen LogP contribution < -0.4 is 5.56 Å². The molecule has 0 aliphatic rings. The maximum absolute atomic E-state index is 11.9. The average Bonchev–Trinajstić information content (AvgIpc) is 2.48. The van der Waals surface area contributed by atoms with Crippen LogP contribution in [0.3, 0.4) is 0 Å². The van der Waals surface area contributed by atoms with Crippen molar-refractivity contribution >= 4 is 11.6 Å². The lowest BCUT2D eigenvalue weighted by Gasteiger charge is -2.06. The second-order valence-corrected chi connectivity index (χ2v) is 6.46. The fourth-order valence-corrected chi connectivity index (χ4v) is 1.83. The Morgan fingerprint density at radius 1 is 1.22 bits per heavy atom. The summed E-state index contributed by atoms with van der Waals surface area (Å²) in [4.78, 5) is 16.1. The lowest BCUT2D eigenvalue weighted by molar-refractivity contribution is 0.571. The van der Waals surface area contributed by atoms with Crippen molar-refractivity contribution in [2.24, 2.45) is 5.41 Å². The number of allylic oxidation sites excluding steroid dienone is 2. The van der Waals surface area contributed by atoms with Crippen LogP contribution in [0.2, 0.25) is 5.02 Å². The van der Waals surface area contributed by atoms with Gasteiger partial charge < -0.3 is 0 Å². The molecule has 0 amide bonds. The van der Waals surface area contributed by atoms with Crippen molar-refractivity contribution in [2.75, 3.05) is 0 Å². The van der Waals surface area contributed by atoms with Crippen molar-refractivity contribution in [2.45, 2.75) is 27.3 Å². The van der Waals surface area contributed by atoms with Crippen LogP contribution in [0.5, 0.6) is 0 Å². The zero-order valence-corrected chi connectivity index (χ0v) is 14.1. The molecule has 0 radical (unpaired) electrons. The number of aromatic nitrogens is 3. The average molecular weight is 328 g/mol. The van der Waals surface area contributed by atoms with Crippen LogP contribution in [0.15, 0.2) is 47.4 Å². The Hall–Kier alpha value is -2.38. The lowest BCUT2D eigenvalue weighted by atomic mass is 9.98. The van der Waals surface area contributed by atoms with Gasteiger partial charge in [-0.1, -0.05) is 29.5 Å². The van der Waals surface area contributed by atoms with E-state index in [0.29, 0.717) is 23.0 Å². The number of rotatable bonds is 3. The Labute approximate surface area is 140 Å². The summed E-state index contributed by atoms with van der Waals surface area (Å²) in [5.41, 5.74) is 1.07. The van der Waals surface area contributed by atoms with E-state index in [-0.39, 0.29) is 11.0 Å². The van der Waals surface area contributed by atoms with Crippen molar-refractivity contribution in [1.29, 1.82) is 0 Å². The molecule has 0 atom stereocenters. The van der Waals surface area contributed by atoms with Crippen LogP contribution in [0.4, 0.5) is 0 Å². The van der Waals surface area contributed by atoms with Crippen LogP contribution >= 0.6 is 11.6 Å². The summed E-state index contributed by atoms with van der Waals surface area (Å²) < 4.78 is 1.38. The second kappa shape index (κ2) is 7.26. The predicted molar refractivity (Wildman–Crippen MR) is 93.1 cm³/mol. The van der Waals surface area contributed by atoms with Gasteiger partial charge >= 0.3 is 0 Å². The van der Waals surface area contributed by atoms with Crippen LogP contribution in [0.25, 0.3) is 11.4 Å². The molecule has 0 unspecified atom stereocenters. The molecule has 0 aromatic carbocycles.